The summed E-state index contributed by atoms with van der Waals surface area (Å²) in [5.74, 6) is -3.38. The Balaban J connectivity index is 1.61. The summed E-state index contributed by atoms with van der Waals surface area (Å²) in [7, 11) is -4.49. The van der Waals surface area contributed by atoms with Crippen LogP contribution >= 0.6 is 0 Å². The Hall–Kier alpha value is -4.91. The molecule has 0 fully saturated rings. The number of aromatic carboxylic acids is 2. The molecule has 1 aliphatic heterocycles. The van der Waals surface area contributed by atoms with E-state index in [0.29, 0.717) is 11.4 Å². The van der Waals surface area contributed by atoms with Crippen LogP contribution < -0.4 is 9.73 Å². The van der Waals surface area contributed by atoms with Crippen LogP contribution in [0, 0.1) is 0 Å². The largest absolute Gasteiger partial charge is 0.478 e. The van der Waals surface area contributed by atoms with Gasteiger partial charge in [0.15, 0.2) is 6.04 Å². The molecule has 4 rings (SSSR count). The molecule has 3 N–H and O–H groups in total. The van der Waals surface area contributed by atoms with Crippen LogP contribution in [-0.2, 0) is 14.8 Å². The maximum atomic E-state index is 12.9. The summed E-state index contributed by atoms with van der Waals surface area (Å²) in [6.45, 7) is 1.60. The number of benzene rings is 3. The lowest BCUT2D eigenvalue weighted by molar-refractivity contribution is -0.117. The standard InChI is InChI=1S/C24H19N5O7S/c1-14-21(22(30)29(27-14)16-7-3-2-4-8-16)26-25-15-11-12-20(18(13-15)24(33)34)37(35,36)28-19-10-6-5-9-17(19)23(31)32/h2-13,21,28H,1H3,(H,31,32)(H,33,34). The molecule has 3 aromatic carbocycles. The maximum absolute atomic E-state index is 12.9. The molecule has 0 spiro atoms. The van der Waals surface area contributed by atoms with E-state index in [0.717, 1.165) is 12.1 Å². The average Bonchev–Trinajstić information content (AvgIpc) is 3.16. The SMILES string of the molecule is CC1=NN(c2ccccc2)C(=O)C1N=Nc1ccc(S(=O)(=O)Nc2ccccc2C(=O)O)c(C(=O)O)c1. The molecule has 1 atom stereocenters. The van der Waals surface area contributed by atoms with E-state index in [1.165, 1.54) is 35.3 Å². The van der Waals surface area contributed by atoms with Crippen LogP contribution in [0.3, 0.4) is 0 Å². The van der Waals surface area contributed by atoms with Gasteiger partial charge in [-0.3, -0.25) is 9.52 Å². The Kier molecular flexibility index (Phi) is 6.80. The van der Waals surface area contributed by atoms with Gasteiger partial charge in [0.1, 0.15) is 4.90 Å². The van der Waals surface area contributed by atoms with E-state index >= 15 is 0 Å². The quantitative estimate of drug-likeness (QED) is 0.378. The van der Waals surface area contributed by atoms with Crippen molar-refractivity contribution in [2.24, 2.45) is 15.3 Å². The van der Waals surface area contributed by atoms with E-state index in [-0.39, 0.29) is 16.9 Å². The number of sulfonamides is 1. The predicted octanol–water partition coefficient (Wildman–Crippen LogP) is 3.76. The molecule has 0 aliphatic carbocycles. The minimum atomic E-state index is -4.49. The fourth-order valence-electron chi connectivity index (χ4n) is 3.51. The number of hydrazone groups is 1. The number of hydrogen-bond donors (Lipinski definition) is 3. The lowest BCUT2D eigenvalue weighted by Gasteiger charge is -2.13. The number of amides is 1. The van der Waals surface area contributed by atoms with Crippen molar-refractivity contribution in [2.75, 3.05) is 9.73 Å². The molecule has 13 heteroatoms. The highest BCUT2D eigenvalue weighted by Gasteiger charge is 2.34. The number of azo groups is 1. The number of carboxylic acid groups (broad SMARTS) is 2. The smallest absolute Gasteiger partial charge is 0.337 e. The lowest BCUT2D eigenvalue weighted by atomic mass is 10.2. The first-order valence-corrected chi connectivity index (χ1v) is 12.1. The molecule has 0 saturated carbocycles. The average molecular weight is 522 g/mol. The summed E-state index contributed by atoms with van der Waals surface area (Å²) >= 11 is 0. The summed E-state index contributed by atoms with van der Waals surface area (Å²) < 4.78 is 28.0. The highest BCUT2D eigenvalue weighted by Crippen LogP contribution is 2.27. The van der Waals surface area contributed by atoms with Crippen molar-refractivity contribution in [3.8, 4) is 0 Å². The number of carbonyl (C=O) groups is 3. The van der Waals surface area contributed by atoms with Gasteiger partial charge in [-0.15, -0.1) is 0 Å². The molecule has 0 radical (unpaired) electrons. The van der Waals surface area contributed by atoms with Crippen LogP contribution in [0.25, 0.3) is 0 Å². The van der Waals surface area contributed by atoms with Gasteiger partial charge in [0.05, 0.1) is 33.9 Å². The topological polar surface area (TPSA) is 178 Å². The van der Waals surface area contributed by atoms with Crippen LogP contribution in [0.4, 0.5) is 17.1 Å². The van der Waals surface area contributed by atoms with Crippen molar-refractivity contribution in [3.63, 3.8) is 0 Å². The van der Waals surface area contributed by atoms with Crippen LogP contribution in [0.5, 0.6) is 0 Å². The molecule has 1 unspecified atom stereocenters. The van der Waals surface area contributed by atoms with Crippen LogP contribution in [0.1, 0.15) is 27.6 Å². The third-order valence-corrected chi connectivity index (χ3v) is 6.69. The van der Waals surface area contributed by atoms with Crippen molar-refractivity contribution >= 4 is 50.6 Å². The fourth-order valence-corrected chi connectivity index (χ4v) is 4.77. The summed E-state index contributed by atoms with van der Waals surface area (Å²) in [5.41, 5.74) is -0.253. The number of nitrogens with one attached hydrogen (secondary N) is 1. The van der Waals surface area contributed by atoms with Crippen LogP contribution in [-0.4, -0.2) is 48.2 Å². The number of carbonyl (C=O) groups excluding carboxylic acids is 1. The molecule has 0 aromatic heterocycles. The molecule has 37 heavy (non-hydrogen) atoms. The molecule has 12 nitrogen and oxygen atoms in total. The highest BCUT2D eigenvalue weighted by molar-refractivity contribution is 7.92. The molecule has 1 amide bonds. The van der Waals surface area contributed by atoms with Crippen LogP contribution in [0.2, 0.25) is 0 Å². The summed E-state index contributed by atoms with van der Waals surface area (Å²) in [4.78, 5) is 35.5. The second kappa shape index (κ2) is 9.99. The number of rotatable bonds is 8. The van der Waals surface area contributed by atoms with Crippen molar-refractivity contribution in [1.82, 2.24) is 0 Å². The Labute approximate surface area is 210 Å². The molecule has 0 saturated heterocycles. The Bertz CT molecular complexity index is 1570. The van der Waals surface area contributed by atoms with Gasteiger partial charge in [0.25, 0.3) is 15.9 Å². The Morgan fingerprint density at radius 3 is 2.27 bits per heavy atom. The predicted molar refractivity (Wildman–Crippen MR) is 133 cm³/mol. The number of hydrogen-bond acceptors (Lipinski definition) is 8. The van der Waals surface area contributed by atoms with E-state index in [2.05, 4.69) is 20.1 Å². The second-order valence-corrected chi connectivity index (χ2v) is 9.44. The van der Waals surface area contributed by atoms with Gasteiger partial charge in [-0.2, -0.15) is 20.3 Å². The third kappa shape index (κ3) is 5.21. The van der Waals surface area contributed by atoms with Gasteiger partial charge in [0.2, 0.25) is 0 Å². The Morgan fingerprint density at radius 2 is 1.59 bits per heavy atom. The first-order valence-electron chi connectivity index (χ1n) is 10.7. The monoisotopic (exact) mass is 521 g/mol. The van der Waals surface area contributed by atoms with E-state index in [1.807, 2.05) is 0 Å². The first-order chi connectivity index (χ1) is 17.6. The van der Waals surface area contributed by atoms with E-state index in [9.17, 15) is 33.0 Å². The molecular formula is C24H19N5O7S. The lowest BCUT2D eigenvalue weighted by Crippen LogP contribution is -2.29. The first kappa shape index (κ1) is 25.2. The van der Waals surface area contributed by atoms with Gasteiger partial charge < -0.3 is 10.2 Å². The zero-order valence-corrected chi connectivity index (χ0v) is 20.0. The van der Waals surface area contributed by atoms with E-state index < -0.39 is 44.4 Å². The fraction of sp³-hybridized carbons (Fsp3) is 0.0833. The number of anilines is 2. The highest BCUT2D eigenvalue weighted by atomic mass is 32.2. The van der Waals surface area contributed by atoms with Crippen molar-refractivity contribution in [2.45, 2.75) is 17.9 Å². The van der Waals surface area contributed by atoms with Crippen molar-refractivity contribution in [3.05, 3.63) is 83.9 Å². The molecule has 188 valence electrons. The minimum Gasteiger partial charge on any atom is -0.478 e. The van der Waals surface area contributed by atoms with Gasteiger partial charge in [-0.25, -0.2) is 18.0 Å². The van der Waals surface area contributed by atoms with Gasteiger partial charge in [0, 0.05) is 0 Å². The van der Waals surface area contributed by atoms with Crippen molar-refractivity contribution < 1.29 is 33.0 Å². The van der Waals surface area contributed by atoms with Gasteiger partial charge >= 0.3 is 11.9 Å². The Morgan fingerprint density at radius 1 is 0.946 bits per heavy atom. The molecule has 1 aliphatic rings. The summed E-state index contributed by atoms with van der Waals surface area (Å²) in [6, 6.07) is 16.2. The summed E-state index contributed by atoms with van der Waals surface area (Å²) in [5, 5.41) is 32.3. The van der Waals surface area contributed by atoms with Crippen molar-refractivity contribution in [1.29, 1.82) is 0 Å². The number of nitrogens with zero attached hydrogens (tertiary/aromatic N) is 4. The molecule has 3 aromatic rings. The molecular weight excluding hydrogens is 502 g/mol. The molecule has 0 bridgehead atoms. The third-order valence-electron chi connectivity index (χ3n) is 5.27. The van der Waals surface area contributed by atoms with E-state index in [1.54, 1.807) is 37.3 Å². The van der Waals surface area contributed by atoms with Gasteiger partial charge in [-0.05, 0) is 49.4 Å². The second-order valence-electron chi connectivity index (χ2n) is 7.79. The number of carboxylic acids is 2. The zero-order chi connectivity index (χ0) is 26.7. The summed E-state index contributed by atoms with van der Waals surface area (Å²) in [6.07, 6.45) is 0. The zero-order valence-electron chi connectivity index (χ0n) is 19.1. The molecule has 1 heterocycles. The van der Waals surface area contributed by atoms with Gasteiger partial charge in [-0.1, -0.05) is 30.3 Å². The van der Waals surface area contributed by atoms with Crippen LogP contribution in [0.15, 0.2) is 93.0 Å². The normalized spacial score (nSPS) is 15.6. The number of para-hydroxylation sites is 2. The van der Waals surface area contributed by atoms with E-state index in [4.69, 9.17) is 0 Å². The minimum absolute atomic E-state index is 0.0129. The maximum Gasteiger partial charge on any atom is 0.337 e.